The number of unbranched alkanes of at least 4 members (excludes halogenated alkanes) is 36. The Hall–Kier alpha value is -3.93. The van der Waals surface area contributed by atoms with Gasteiger partial charge in [0.15, 0.2) is 6.10 Å². The lowest BCUT2D eigenvalue weighted by Crippen LogP contribution is -2.30. The summed E-state index contributed by atoms with van der Waals surface area (Å²) < 4.78 is 16.9. The Balaban J connectivity index is 4.27. The third-order valence-corrected chi connectivity index (χ3v) is 15.3. The molecule has 0 aliphatic heterocycles. The molecule has 1 atom stereocenters. The molecule has 0 saturated carbocycles. The van der Waals surface area contributed by atoms with Crippen LogP contribution in [0.1, 0.15) is 342 Å². The number of hydrogen-bond acceptors (Lipinski definition) is 6. The highest BCUT2D eigenvalue weighted by Crippen LogP contribution is 2.18. The van der Waals surface area contributed by atoms with E-state index in [1.54, 1.807) is 0 Å². The molecule has 0 aromatic carbocycles. The van der Waals surface area contributed by atoms with Gasteiger partial charge in [-0.25, -0.2) is 0 Å². The Kier molecular flexibility index (Phi) is 67.2. The van der Waals surface area contributed by atoms with Crippen LogP contribution >= 0.6 is 0 Å². The second kappa shape index (κ2) is 70.6. The highest BCUT2D eigenvalue weighted by atomic mass is 16.6. The lowest BCUT2D eigenvalue weighted by Gasteiger charge is -2.18. The van der Waals surface area contributed by atoms with Crippen LogP contribution in [-0.2, 0) is 28.6 Å². The fourth-order valence-corrected chi connectivity index (χ4v) is 10.1. The van der Waals surface area contributed by atoms with E-state index in [0.717, 1.165) is 96.3 Å². The molecule has 0 fully saturated rings. The molecule has 0 rings (SSSR count). The van der Waals surface area contributed by atoms with Crippen molar-refractivity contribution < 1.29 is 28.6 Å². The molecule has 0 amide bonds. The van der Waals surface area contributed by atoms with Crippen molar-refractivity contribution in [2.45, 2.75) is 348 Å². The third-order valence-electron chi connectivity index (χ3n) is 15.3. The number of ether oxygens (including phenoxy) is 3. The largest absolute Gasteiger partial charge is 0.462 e. The van der Waals surface area contributed by atoms with Crippen LogP contribution in [0, 0.1) is 0 Å². The summed E-state index contributed by atoms with van der Waals surface area (Å²) in [5.74, 6) is -1.02. The third kappa shape index (κ3) is 68.7. The maximum atomic E-state index is 12.9. The van der Waals surface area contributed by atoms with E-state index in [0.29, 0.717) is 12.8 Å². The molecule has 0 spiro atoms. The van der Waals surface area contributed by atoms with Crippen LogP contribution in [0.15, 0.2) is 109 Å². The maximum Gasteiger partial charge on any atom is 0.309 e. The quantitative estimate of drug-likeness (QED) is 0.0261. The van der Waals surface area contributed by atoms with Crippen molar-refractivity contribution in [1.82, 2.24) is 0 Å². The predicted octanol–water partition coefficient (Wildman–Crippen LogP) is 24.6. The first-order chi connectivity index (χ1) is 41.0. The zero-order valence-electron chi connectivity index (χ0n) is 54.7. The van der Waals surface area contributed by atoms with Crippen LogP contribution in [0.2, 0.25) is 0 Å². The van der Waals surface area contributed by atoms with Crippen molar-refractivity contribution in [1.29, 1.82) is 0 Å². The molecule has 0 heterocycles. The Morgan fingerprint density at radius 2 is 0.518 bits per heavy atom. The topological polar surface area (TPSA) is 78.9 Å². The van der Waals surface area contributed by atoms with Gasteiger partial charge in [-0.2, -0.15) is 0 Å². The molecule has 0 N–H and O–H groups in total. The summed E-state index contributed by atoms with van der Waals surface area (Å²) in [6.45, 7) is 6.37. The number of rotatable bonds is 64. The van der Waals surface area contributed by atoms with E-state index < -0.39 is 12.1 Å². The van der Waals surface area contributed by atoms with Crippen molar-refractivity contribution in [3.05, 3.63) is 109 Å². The van der Waals surface area contributed by atoms with Gasteiger partial charge in [0.2, 0.25) is 0 Å². The first kappa shape index (κ1) is 79.1. The Bertz CT molecular complexity index is 1660. The average Bonchev–Trinajstić information content (AvgIpc) is 3.50. The zero-order chi connectivity index (χ0) is 59.9. The maximum absolute atomic E-state index is 12.9. The van der Waals surface area contributed by atoms with Gasteiger partial charge >= 0.3 is 17.9 Å². The summed E-state index contributed by atoms with van der Waals surface area (Å²) in [7, 11) is 0. The molecule has 0 aliphatic carbocycles. The number of hydrogen-bond donors (Lipinski definition) is 0. The highest BCUT2D eigenvalue weighted by molar-refractivity contribution is 5.72. The molecule has 6 nitrogen and oxygen atoms in total. The minimum absolute atomic E-state index is 0.104. The monoisotopic (exact) mass is 1150 g/mol. The molecule has 0 aromatic heterocycles. The first-order valence-corrected chi connectivity index (χ1v) is 35.4. The molecule has 0 bridgehead atoms. The van der Waals surface area contributed by atoms with Crippen molar-refractivity contribution in [2.24, 2.45) is 0 Å². The molecule has 1 unspecified atom stereocenters. The molecule has 6 heteroatoms. The molecule has 0 aliphatic rings. The van der Waals surface area contributed by atoms with Crippen molar-refractivity contribution >= 4 is 17.9 Å². The second-order valence-corrected chi connectivity index (χ2v) is 23.4. The van der Waals surface area contributed by atoms with E-state index >= 15 is 0 Å². The summed E-state index contributed by atoms with van der Waals surface area (Å²) in [5, 5.41) is 0. The first-order valence-electron chi connectivity index (χ1n) is 35.4. The van der Waals surface area contributed by atoms with Crippen molar-refractivity contribution in [3.8, 4) is 0 Å². The average molecular weight is 1150 g/mol. The predicted molar refractivity (Wildman–Crippen MR) is 362 cm³/mol. The molecular weight excluding hydrogens is 1020 g/mol. The molecule has 476 valence electrons. The van der Waals surface area contributed by atoms with E-state index in [2.05, 4.69) is 118 Å². The summed E-state index contributed by atoms with van der Waals surface area (Å²) in [6.07, 6.45) is 97.3. The lowest BCUT2D eigenvalue weighted by atomic mass is 10.0. The molecule has 0 saturated heterocycles. The number of carbonyl (C=O) groups is 3. The number of esters is 3. The number of carbonyl (C=O) groups excluding carboxylic acids is 3. The summed E-state index contributed by atoms with van der Waals surface area (Å²) >= 11 is 0. The molecule has 0 aromatic rings. The molecule has 0 radical (unpaired) electrons. The van der Waals surface area contributed by atoms with E-state index in [-0.39, 0.29) is 31.6 Å². The van der Waals surface area contributed by atoms with Gasteiger partial charge in [0.1, 0.15) is 13.2 Å². The van der Waals surface area contributed by atoms with Gasteiger partial charge in [0.25, 0.3) is 0 Å². The molecular formula is C77H132O6. The van der Waals surface area contributed by atoms with Crippen molar-refractivity contribution in [3.63, 3.8) is 0 Å². The summed E-state index contributed by atoms with van der Waals surface area (Å²) in [5.41, 5.74) is 0. The Morgan fingerprint density at radius 1 is 0.265 bits per heavy atom. The van der Waals surface area contributed by atoms with Gasteiger partial charge in [-0.1, -0.05) is 348 Å². The number of allylic oxidation sites excluding steroid dienone is 17. The summed E-state index contributed by atoms with van der Waals surface area (Å²) in [4.78, 5) is 38.4. The van der Waals surface area contributed by atoms with Gasteiger partial charge < -0.3 is 14.2 Å². The van der Waals surface area contributed by atoms with E-state index in [4.69, 9.17) is 14.2 Å². The minimum Gasteiger partial charge on any atom is -0.462 e. The summed E-state index contributed by atoms with van der Waals surface area (Å²) in [6, 6.07) is 0. The fraction of sp³-hybridized carbons (Fsp3) is 0.727. The highest BCUT2D eigenvalue weighted by Gasteiger charge is 2.19. The molecule has 83 heavy (non-hydrogen) atoms. The minimum atomic E-state index is -0.817. The van der Waals surface area contributed by atoms with Crippen LogP contribution in [0.5, 0.6) is 0 Å². The standard InChI is InChI=1S/C77H132O6/c1-4-7-10-13-16-19-22-25-28-30-32-33-34-35-36-37-38-39-40-41-42-43-45-46-49-52-55-58-61-64-67-70-76(79)82-73-74(72-81-75(78)69-66-63-60-57-54-51-48-27-24-21-18-15-12-9-6-3)83-77(80)71-68-65-62-59-56-53-50-47-44-31-29-26-23-20-17-14-11-8-5-2/h7,9-10,12,16,18-19,21,25,27-28,32-33,48,54,57,63,66,74H,4-6,8,11,13-15,17,20,22-24,26,29-31,34-47,49-53,55-56,58-62,64-65,67-73H2,1-3H3/b10-7-,12-9-,19-16-,21-18-,28-25-,33-32-,48-27-,57-54-,66-63-. The zero-order valence-corrected chi connectivity index (χ0v) is 54.7. The van der Waals surface area contributed by atoms with E-state index in [1.165, 1.54) is 205 Å². The van der Waals surface area contributed by atoms with Gasteiger partial charge in [0, 0.05) is 12.8 Å². The lowest BCUT2D eigenvalue weighted by molar-refractivity contribution is -0.166. The van der Waals surface area contributed by atoms with Crippen molar-refractivity contribution in [2.75, 3.05) is 13.2 Å². The van der Waals surface area contributed by atoms with Crippen LogP contribution < -0.4 is 0 Å². The van der Waals surface area contributed by atoms with E-state index in [9.17, 15) is 14.4 Å². The van der Waals surface area contributed by atoms with E-state index in [1.807, 2.05) is 12.2 Å². The Morgan fingerprint density at radius 3 is 0.843 bits per heavy atom. The smallest absolute Gasteiger partial charge is 0.309 e. The van der Waals surface area contributed by atoms with Gasteiger partial charge in [0.05, 0.1) is 6.42 Å². The van der Waals surface area contributed by atoms with Crippen LogP contribution in [0.3, 0.4) is 0 Å². The Labute approximate surface area is 514 Å². The van der Waals surface area contributed by atoms with Gasteiger partial charge in [-0.3, -0.25) is 14.4 Å². The second-order valence-electron chi connectivity index (χ2n) is 23.4. The van der Waals surface area contributed by atoms with Gasteiger partial charge in [-0.15, -0.1) is 0 Å². The SMILES string of the molecule is CC/C=C\C/C=C\C/C=C\C/C=C\C/C=C\CC(=O)OCC(COC(=O)CCCCCCCCCCCCCCCCCCCC/C=C\C/C=C\C/C=C\C/C=C\CC)OC(=O)CCCCCCCCCCCCCCCCCCCCC. The van der Waals surface area contributed by atoms with Crippen LogP contribution in [-0.4, -0.2) is 37.2 Å². The van der Waals surface area contributed by atoms with Crippen LogP contribution in [0.25, 0.3) is 0 Å². The fourth-order valence-electron chi connectivity index (χ4n) is 10.1. The normalized spacial score (nSPS) is 12.8. The van der Waals surface area contributed by atoms with Gasteiger partial charge in [-0.05, 0) is 83.5 Å². The van der Waals surface area contributed by atoms with Crippen LogP contribution in [0.4, 0.5) is 0 Å².